The first-order valence-electron chi connectivity index (χ1n) is 4.61. The van der Waals surface area contributed by atoms with Crippen molar-refractivity contribution in [3.8, 4) is 0 Å². The fraction of sp³-hybridized carbons (Fsp3) is 1.00. The van der Waals surface area contributed by atoms with Gasteiger partial charge >= 0.3 is 10.4 Å². The van der Waals surface area contributed by atoms with E-state index in [1.54, 1.807) is 0 Å². The molecule has 9 nitrogen and oxygen atoms in total. The number of hydrogen-bond donors (Lipinski definition) is 5. The molecule has 0 heterocycles. The van der Waals surface area contributed by atoms with Gasteiger partial charge in [-0.2, -0.15) is 8.42 Å². The highest BCUT2D eigenvalue weighted by molar-refractivity contribution is 7.80. The molecule has 17 heavy (non-hydrogen) atoms. The van der Waals surface area contributed by atoms with E-state index in [0.29, 0.717) is 0 Å². The Morgan fingerprint density at radius 3 is 2.18 bits per heavy atom. The van der Waals surface area contributed by atoms with Crippen LogP contribution in [0.25, 0.3) is 0 Å². The zero-order valence-electron chi connectivity index (χ0n) is 9.02. The number of hydrogen-bond acceptors (Lipinski definition) is 8. The van der Waals surface area contributed by atoms with E-state index in [1.165, 1.54) is 0 Å². The molecule has 0 saturated carbocycles. The molecule has 0 fully saturated rings. The Morgan fingerprint density at radius 1 is 1.24 bits per heavy atom. The molecule has 0 spiro atoms. The highest BCUT2D eigenvalue weighted by atomic mass is 32.3. The van der Waals surface area contributed by atoms with Crippen molar-refractivity contribution >= 4 is 10.4 Å². The van der Waals surface area contributed by atoms with Crippen LogP contribution in [0.3, 0.4) is 0 Å². The van der Waals surface area contributed by atoms with Gasteiger partial charge in [0.2, 0.25) is 0 Å². The first-order chi connectivity index (χ1) is 7.72. The van der Waals surface area contributed by atoms with Gasteiger partial charge in [0, 0.05) is 0 Å². The monoisotopic (exact) mass is 275 g/mol. The largest absolute Gasteiger partial charge is 0.397 e. The van der Waals surface area contributed by atoms with Crippen LogP contribution in [0, 0.1) is 0 Å². The number of aliphatic hydroxyl groups is 3. The quantitative estimate of drug-likeness (QED) is 0.274. The second kappa shape index (κ2) is 7.18. The lowest BCUT2D eigenvalue weighted by atomic mass is 10.1. The van der Waals surface area contributed by atoms with E-state index in [-0.39, 0.29) is 13.2 Å². The minimum absolute atomic E-state index is 0.233. The van der Waals surface area contributed by atoms with Gasteiger partial charge in [-0.15, -0.1) is 0 Å². The fourth-order valence-corrected chi connectivity index (χ4v) is 1.08. The summed E-state index contributed by atoms with van der Waals surface area (Å²) >= 11 is 0. The van der Waals surface area contributed by atoms with Gasteiger partial charge in [0.25, 0.3) is 0 Å². The van der Waals surface area contributed by atoms with Crippen molar-refractivity contribution < 1.29 is 37.2 Å². The summed E-state index contributed by atoms with van der Waals surface area (Å²) in [5, 5.41) is 26.8. The highest BCUT2D eigenvalue weighted by Gasteiger charge is 2.24. The summed E-state index contributed by atoms with van der Waals surface area (Å²) < 4.78 is 37.3. The lowest BCUT2D eigenvalue weighted by Crippen LogP contribution is -2.51. The van der Waals surface area contributed by atoms with Crippen molar-refractivity contribution in [3.05, 3.63) is 0 Å². The summed E-state index contributed by atoms with van der Waals surface area (Å²) in [6, 6.07) is 0. The van der Waals surface area contributed by atoms with Crippen LogP contribution in [-0.2, 0) is 19.3 Å². The Bertz CT molecular complexity index is 301. The highest BCUT2D eigenvalue weighted by Crippen LogP contribution is 2.00. The van der Waals surface area contributed by atoms with E-state index in [4.69, 9.17) is 30.3 Å². The second-order valence-corrected chi connectivity index (χ2v) is 4.65. The zero-order valence-corrected chi connectivity index (χ0v) is 9.84. The molecule has 0 aromatic rings. The Hall–Kier alpha value is -0.330. The SMILES string of the molecule is NC(CO)(CO)COCC(O)COS(=O)(=O)O. The van der Waals surface area contributed by atoms with Crippen molar-refractivity contribution in [2.45, 2.75) is 11.6 Å². The van der Waals surface area contributed by atoms with Gasteiger partial charge in [-0.05, 0) is 0 Å². The van der Waals surface area contributed by atoms with E-state index in [9.17, 15) is 8.42 Å². The predicted octanol–water partition coefficient (Wildman–Crippen LogP) is -3.13. The zero-order chi connectivity index (χ0) is 13.5. The third-order valence-corrected chi connectivity index (χ3v) is 2.17. The lowest BCUT2D eigenvalue weighted by Gasteiger charge is -2.24. The van der Waals surface area contributed by atoms with E-state index >= 15 is 0 Å². The number of rotatable bonds is 9. The molecule has 0 aromatic heterocycles. The van der Waals surface area contributed by atoms with Crippen molar-refractivity contribution in [1.29, 1.82) is 0 Å². The molecule has 0 amide bonds. The first kappa shape index (κ1) is 16.7. The van der Waals surface area contributed by atoms with Gasteiger partial charge < -0.3 is 25.8 Å². The average Bonchev–Trinajstić information content (AvgIpc) is 2.25. The molecule has 0 aliphatic rings. The molecule has 0 aliphatic heterocycles. The summed E-state index contributed by atoms with van der Waals surface area (Å²) in [4.78, 5) is 0. The van der Waals surface area contributed by atoms with Gasteiger partial charge in [0.05, 0.1) is 38.6 Å². The van der Waals surface area contributed by atoms with E-state index in [0.717, 1.165) is 0 Å². The maximum atomic E-state index is 10.2. The molecule has 0 aromatic carbocycles. The molecule has 10 heteroatoms. The Morgan fingerprint density at radius 2 is 1.76 bits per heavy atom. The van der Waals surface area contributed by atoms with Gasteiger partial charge in [0.15, 0.2) is 0 Å². The summed E-state index contributed by atoms with van der Waals surface area (Å²) in [6.45, 7) is -2.26. The third kappa shape index (κ3) is 8.40. The molecule has 0 aliphatic carbocycles. The van der Waals surface area contributed by atoms with Gasteiger partial charge in [-0.25, -0.2) is 4.18 Å². The van der Waals surface area contributed by atoms with Crippen LogP contribution in [0.2, 0.25) is 0 Å². The molecule has 0 saturated heterocycles. The maximum Gasteiger partial charge on any atom is 0.397 e. The van der Waals surface area contributed by atoms with Crippen LogP contribution < -0.4 is 5.73 Å². The first-order valence-corrected chi connectivity index (χ1v) is 5.97. The number of ether oxygens (including phenoxy) is 1. The standard InChI is InChI=1S/C7H17NO8S/c8-7(3-9,4-10)5-15-1-6(11)2-16-17(12,13)14/h6,9-11H,1-5,8H2,(H,12,13,14). The molecule has 1 unspecified atom stereocenters. The van der Waals surface area contributed by atoms with Crippen LogP contribution in [-0.4, -0.2) is 73.0 Å². The lowest BCUT2D eigenvalue weighted by molar-refractivity contribution is -0.0245. The molecule has 6 N–H and O–H groups in total. The summed E-state index contributed by atoms with van der Waals surface area (Å²) in [6.07, 6.45) is -1.29. The minimum Gasteiger partial charge on any atom is -0.394 e. The van der Waals surface area contributed by atoms with Crippen LogP contribution in [0.4, 0.5) is 0 Å². The van der Waals surface area contributed by atoms with Crippen LogP contribution in [0.1, 0.15) is 0 Å². The van der Waals surface area contributed by atoms with Gasteiger partial charge in [-0.3, -0.25) is 4.55 Å². The molecule has 104 valence electrons. The Balaban J connectivity index is 3.82. The topological polar surface area (TPSA) is 160 Å². The fourth-order valence-electron chi connectivity index (χ4n) is 0.752. The molecule has 0 bridgehead atoms. The molecule has 0 rings (SSSR count). The smallest absolute Gasteiger partial charge is 0.394 e. The van der Waals surface area contributed by atoms with Crippen molar-refractivity contribution in [2.24, 2.45) is 5.73 Å². The average molecular weight is 275 g/mol. The third-order valence-electron chi connectivity index (χ3n) is 1.74. The van der Waals surface area contributed by atoms with Crippen molar-refractivity contribution in [2.75, 3.05) is 33.0 Å². The van der Waals surface area contributed by atoms with Crippen LogP contribution in [0.5, 0.6) is 0 Å². The van der Waals surface area contributed by atoms with Crippen LogP contribution >= 0.6 is 0 Å². The van der Waals surface area contributed by atoms with Crippen molar-refractivity contribution in [3.63, 3.8) is 0 Å². The van der Waals surface area contributed by atoms with Gasteiger partial charge in [0.1, 0.15) is 6.10 Å². The number of nitrogens with two attached hydrogens (primary N) is 1. The predicted molar refractivity (Wildman–Crippen MR) is 55.4 cm³/mol. The van der Waals surface area contributed by atoms with E-state index < -0.39 is 41.9 Å². The molecular weight excluding hydrogens is 258 g/mol. The molecular formula is C7H17NO8S. The number of aliphatic hydroxyl groups excluding tert-OH is 3. The van der Waals surface area contributed by atoms with Crippen LogP contribution in [0.15, 0.2) is 0 Å². The molecule has 0 radical (unpaired) electrons. The van der Waals surface area contributed by atoms with E-state index in [2.05, 4.69) is 4.18 Å². The summed E-state index contributed by atoms with van der Waals surface area (Å²) in [5.74, 6) is 0. The van der Waals surface area contributed by atoms with Crippen molar-refractivity contribution in [1.82, 2.24) is 0 Å². The second-order valence-electron chi connectivity index (χ2n) is 3.56. The Kier molecular flexibility index (Phi) is 7.04. The Labute approximate surface area is 98.7 Å². The summed E-state index contributed by atoms with van der Waals surface area (Å²) in [5.41, 5.74) is 4.12. The summed E-state index contributed by atoms with van der Waals surface area (Å²) in [7, 11) is -4.60. The van der Waals surface area contributed by atoms with E-state index in [1.807, 2.05) is 0 Å². The molecule has 1 atom stereocenters. The van der Waals surface area contributed by atoms with Gasteiger partial charge in [-0.1, -0.05) is 0 Å². The maximum absolute atomic E-state index is 10.2. The minimum atomic E-state index is -4.60. The normalized spacial score (nSPS) is 14.9.